The number of hydrogen-bond donors (Lipinski definition) is 1. The highest BCUT2D eigenvalue weighted by molar-refractivity contribution is 5.87. The maximum Gasteiger partial charge on any atom is 0.161 e. The number of aliphatic hydroxyl groups is 1. The molecule has 0 aliphatic heterocycles. The molecule has 0 bridgehead atoms. The molecule has 0 radical (unpaired) electrons. The summed E-state index contributed by atoms with van der Waals surface area (Å²) in [7, 11) is 0. The van der Waals surface area contributed by atoms with Gasteiger partial charge in [0, 0.05) is 17.2 Å². The first-order chi connectivity index (χ1) is 11.1. The van der Waals surface area contributed by atoms with Crippen molar-refractivity contribution >= 4 is 10.8 Å². The predicted octanol–water partition coefficient (Wildman–Crippen LogP) is 4.33. The number of halogens is 3. The van der Waals surface area contributed by atoms with Gasteiger partial charge in [-0.1, -0.05) is 30.3 Å². The molecular formula is C18H13F3O2. The number of hydrogen-bond acceptors (Lipinski definition) is 2. The van der Waals surface area contributed by atoms with Crippen LogP contribution < -0.4 is 4.74 Å². The second-order valence-corrected chi connectivity index (χ2v) is 5.07. The quantitative estimate of drug-likeness (QED) is 0.726. The smallest absolute Gasteiger partial charge is 0.161 e. The third-order valence-corrected chi connectivity index (χ3v) is 3.63. The molecule has 0 fully saturated rings. The van der Waals surface area contributed by atoms with Crippen LogP contribution in [0.25, 0.3) is 10.8 Å². The van der Waals surface area contributed by atoms with Gasteiger partial charge in [-0.15, -0.1) is 0 Å². The molecule has 1 N–H and O–H groups in total. The lowest BCUT2D eigenvalue weighted by Gasteiger charge is -2.13. The van der Waals surface area contributed by atoms with E-state index in [4.69, 9.17) is 4.74 Å². The largest absolute Gasteiger partial charge is 0.488 e. The average molecular weight is 318 g/mol. The Balaban J connectivity index is 1.92. The fourth-order valence-corrected chi connectivity index (χ4v) is 2.44. The molecule has 0 aliphatic carbocycles. The van der Waals surface area contributed by atoms with E-state index in [2.05, 4.69) is 0 Å². The third-order valence-electron chi connectivity index (χ3n) is 3.63. The van der Waals surface area contributed by atoms with Gasteiger partial charge in [0.1, 0.15) is 18.2 Å². The number of benzene rings is 3. The first kappa shape index (κ1) is 15.4. The zero-order chi connectivity index (χ0) is 16.4. The van der Waals surface area contributed by atoms with Crippen molar-refractivity contribution in [1.29, 1.82) is 0 Å². The molecule has 3 aromatic rings. The molecule has 0 unspecified atom stereocenters. The monoisotopic (exact) mass is 318 g/mol. The van der Waals surface area contributed by atoms with E-state index >= 15 is 0 Å². The number of aliphatic hydroxyl groups excluding tert-OH is 1. The highest BCUT2D eigenvalue weighted by atomic mass is 19.2. The van der Waals surface area contributed by atoms with Gasteiger partial charge in [0.25, 0.3) is 0 Å². The fourth-order valence-electron chi connectivity index (χ4n) is 2.44. The Hall–Kier alpha value is -2.53. The van der Waals surface area contributed by atoms with Crippen molar-refractivity contribution in [2.24, 2.45) is 0 Å². The minimum Gasteiger partial charge on any atom is -0.488 e. The molecule has 0 amide bonds. The molecule has 0 heterocycles. The van der Waals surface area contributed by atoms with E-state index < -0.39 is 17.5 Å². The fraction of sp³-hybridized carbons (Fsp3) is 0.111. The molecule has 0 atom stereocenters. The molecule has 0 saturated heterocycles. The first-order valence-electron chi connectivity index (χ1n) is 6.98. The molecular weight excluding hydrogens is 305 g/mol. The second kappa shape index (κ2) is 6.30. The highest BCUT2D eigenvalue weighted by Crippen LogP contribution is 2.29. The Kier molecular flexibility index (Phi) is 4.21. The summed E-state index contributed by atoms with van der Waals surface area (Å²) < 4.78 is 45.3. The number of fused-ring (bicyclic) bond motifs is 1. The Labute approximate surface area is 130 Å². The van der Waals surface area contributed by atoms with Crippen LogP contribution in [-0.2, 0) is 13.2 Å². The van der Waals surface area contributed by atoms with Crippen molar-refractivity contribution < 1.29 is 23.0 Å². The van der Waals surface area contributed by atoms with Crippen LogP contribution in [0.3, 0.4) is 0 Å². The van der Waals surface area contributed by atoms with E-state index in [1.54, 1.807) is 6.07 Å². The SMILES string of the molecule is OCc1c(OCc2cc(F)c(F)cc2F)ccc2ccccc12. The Morgan fingerprint density at radius 1 is 0.870 bits per heavy atom. The van der Waals surface area contributed by atoms with Gasteiger partial charge in [-0.2, -0.15) is 0 Å². The average Bonchev–Trinajstić information content (AvgIpc) is 2.56. The van der Waals surface area contributed by atoms with Gasteiger partial charge in [0.05, 0.1) is 6.61 Å². The van der Waals surface area contributed by atoms with Crippen molar-refractivity contribution in [3.63, 3.8) is 0 Å². The lowest BCUT2D eigenvalue weighted by atomic mass is 10.0. The van der Waals surface area contributed by atoms with Crippen LogP contribution in [0.15, 0.2) is 48.5 Å². The summed E-state index contributed by atoms with van der Waals surface area (Å²) in [5.41, 5.74) is 0.465. The van der Waals surface area contributed by atoms with Gasteiger partial charge < -0.3 is 9.84 Å². The van der Waals surface area contributed by atoms with Crippen molar-refractivity contribution in [2.45, 2.75) is 13.2 Å². The zero-order valence-corrected chi connectivity index (χ0v) is 12.0. The number of rotatable bonds is 4. The molecule has 0 aliphatic rings. The van der Waals surface area contributed by atoms with E-state index in [0.29, 0.717) is 17.4 Å². The standard InChI is InChI=1S/C18H13F3O2/c19-15-8-17(21)16(20)7-12(15)10-23-18-6-5-11-3-1-2-4-13(11)14(18)9-22/h1-8,22H,9-10H2. The summed E-state index contributed by atoms with van der Waals surface area (Å²) in [5.74, 6) is -2.88. The van der Waals surface area contributed by atoms with Gasteiger partial charge in [0.15, 0.2) is 11.6 Å². The first-order valence-corrected chi connectivity index (χ1v) is 6.98. The number of ether oxygens (including phenoxy) is 1. The minimum atomic E-state index is -1.24. The molecule has 0 aromatic heterocycles. The second-order valence-electron chi connectivity index (χ2n) is 5.07. The van der Waals surface area contributed by atoms with Crippen LogP contribution in [0.1, 0.15) is 11.1 Å². The van der Waals surface area contributed by atoms with Gasteiger partial charge in [0.2, 0.25) is 0 Å². The summed E-state index contributed by atoms with van der Waals surface area (Å²) in [6.07, 6.45) is 0. The molecule has 118 valence electrons. The summed E-state index contributed by atoms with van der Waals surface area (Å²) >= 11 is 0. The van der Waals surface area contributed by atoms with E-state index in [9.17, 15) is 18.3 Å². The third kappa shape index (κ3) is 3.00. The highest BCUT2D eigenvalue weighted by Gasteiger charge is 2.12. The van der Waals surface area contributed by atoms with Gasteiger partial charge in [-0.3, -0.25) is 0 Å². The van der Waals surface area contributed by atoms with E-state index in [0.717, 1.165) is 16.8 Å². The van der Waals surface area contributed by atoms with Crippen molar-refractivity contribution in [3.05, 3.63) is 77.1 Å². The predicted molar refractivity (Wildman–Crippen MR) is 80.5 cm³/mol. The molecule has 5 heteroatoms. The summed E-state index contributed by atoms with van der Waals surface area (Å²) in [6, 6.07) is 12.2. The molecule has 0 spiro atoms. The zero-order valence-electron chi connectivity index (χ0n) is 12.0. The van der Waals surface area contributed by atoms with Gasteiger partial charge in [-0.05, 0) is 22.9 Å². The van der Waals surface area contributed by atoms with E-state index in [-0.39, 0.29) is 18.8 Å². The molecule has 23 heavy (non-hydrogen) atoms. The maximum absolute atomic E-state index is 13.6. The summed E-state index contributed by atoms with van der Waals surface area (Å²) in [6.45, 7) is -0.522. The van der Waals surface area contributed by atoms with Gasteiger partial charge >= 0.3 is 0 Å². The maximum atomic E-state index is 13.6. The van der Waals surface area contributed by atoms with Crippen LogP contribution in [0.4, 0.5) is 13.2 Å². The van der Waals surface area contributed by atoms with Crippen LogP contribution in [0.2, 0.25) is 0 Å². The molecule has 3 aromatic carbocycles. The molecule has 2 nitrogen and oxygen atoms in total. The van der Waals surface area contributed by atoms with E-state index in [1.165, 1.54) is 0 Å². The van der Waals surface area contributed by atoms with Crippen LogP contribution in [0.5, 0.6) is 5.75 Å². The Morgan fingerprint density at radius 3 is 2.39 bits per heavy atom. The summed E-state index contributed by atoms with van der Waals surface area (Å²) in [4.78, 5) is 0. The Bertz CT molecular complexity index is 862. The van der Waals surface area contributed by atoms with Crippen molar-refractivity contribution in [1.82, 2.24) is 0 Å². The van der Waals surface area contributed by atoms with E-state index in [1.807, 2.05) is 30.3 Å². The van der Waals surface area contributed by atoms with Crippen molar-refractivity contribution in [2.75, 3.05) is 0 Å². The van der Waals surface area contributed by atoms with Crippen LogP contribution >= 0.6 is 0 Å². The minimum absolute atomic E-state index is 0.0963. The lowest BCUT2D eigenvalue weighted by molar-refractivity contribution is 0.258. The topological polar surface area (TPSA) is 29.5 Å². The normalized spacial score (nSPS) is 11.0. The molecule has 3 rings (SSSR count). The van der Waals surface area contributed by atoms with Crippen LogP contribution in [-0.4, -0.2) is 5.11 Å². The Morgan fingerprint density at radius 2 is 1.61 bits per heavy atom. The van der Waals surface area contributed by atoms with Crippen molar-refractivity contribution in [3.8, 4) is 5.75 Å². The lowest BCUT2D eigenvalue weighted by Crippen LogP contribution is -2.03. The summed E-state index contributed by atoms with van der Waals surface area (Å²) in [5, 5.41) is 11.3. The van der Waals surface area contributed by atoms with Crippen LogP contribution in [0, 0.1) is 17.5 Å². The van der Waals surface area contributed by atoms with Gasteiger partial charge in [-0.25, -0.2) is 13.2 Å². The molecule has 0 saturated carbocycles.